The molecule has 0 aromatic heterocycles. The normalized spacial score (nSPS) is 18.3. The number of esters is 1. The zero-order valence-electron chi connectivity index (χ0n) is 15.9. The topological polar surface area (TPSA) is 67.9 Å². The summed E-state index contributed by atoms with van der Waals surface area (Å²) in [5, 5.41) is 3.24. The minimum atomic E-state index is -0.335. The minimum Gasteiger partial charge on any atom is -0.469 e. The van der Waals surface area contributed by atoms with Crippen LogP contribution in [0.15, 0.2) is 48.5 Å². The van der Waals surface area contributed by atoms with E-state index in [1.165, 1.54) is 29.4 Å². The Hall–Kier alpha value is -2.86. The number of carbonyl (C=O) groups is 2. The van der Waals surface area contributed by atoms with Crippen LogP contribution in [-0.2, 0) is 14.3 Å². The van der Waals surface area contributed by atoms with Crippen molar-refractivity contribution in [1.29, 1.82) is 0 Å². The van der Waals surface area contributed by atoms with Crippen LogP contribution in [-0.4, -0.2) is 56.4 Å². The van der Waals surface area contributed by atoms with Crippen molar-refractivity contribution in [2.75, 3.05) is 33.4 Å². The van der Waals surface area contributed by atoms with Crippen LogP contribution in [0.2, 0.25) is 0 Å². The molecule has 2 aliphatic rings. The Morgan fingerprint density at radius 2 is 1.71 bits per heavy atom. The summed E-state index contributed by atoms with van der Waals surface area (Å²) in [6, 6.07) is 16.4. The molecule has 0 unspecified atom stereocenters. The van der Waals surface area contributed by atoms with Crippen LogP contribution in [0.1, 0.15) is 23.5 Å². The van der Waals surface area contributed by atoms with Crippen molar-refractivity contribution in [3.63, 3.8) is 0 Å². The summed E-state index contributed by atoms with van der Waals surface area (Å²) >= 11 is 0. The average Bonchev–Trinajstić information content (AvgIpc) is 3.06. The summed E-state index contributed by atoms with van der Waals surface area (Å²) in [6.45, 7) is 1.93. The standard InChI is InChI=1S/C22H24N2O4/c1-27-21(25)12-15-13-24(11-10-23-15)22(26)28-14-20-18-8-4-2-6-16(18)17-7-3-5-9-19(17)20/h2-9,15,20,23H,10-14H2,1H3/t15-/m0/s1. The van der Waals surface area contributed by atoms with Crippen molar-refractivity contribution < 1.29 is 19.1 Å². The molecule has 6 nitrogen and oxygen atoms in total. The monoisotopic (exact) mass is 380 g/mol. The summed E-state index contributed by atoms with van der Waals surface area (Å²) in [5.74, 6) is -0.239. The van der Waals surface area contributed by atoms with Crippen LogP contribution in [0.3, 0.4) is 0 Å². The van der Waals surface area contributed by atoms with Crippen LogP contribution in [0.25, 0.3) is 11.1 Å². The smallest absolute Gasteiger partial charge is 0.409 e. The molecule has 1 fully saturated rings. The largest absolute Gasteiger partial charge is 0.469 e. The van der Waals surface area contributed by atoms with Crippen LogP contribution in [0, 0.1) is 0 Å². The lowest BCUT2D eigenvalue weighted by molar-refractivity contribution is -0.141. The van der Waals surface area contributed by atoms with Crippen molar-refractivity contribution in [3.8, 4) is 11.1 Å². The molecule has 0 radical (unpaired) electrons. The Bertz CT molecular complexity index is 837. The van der Waals surface area contributed by atoms with Crippen molar-refractivity contribution in [2.45, 2.75) is 18.4 Å². The van der Waals surface area contributed by atoms with E-state index >= 15 is 0 Å². The fraction of sp³-hybridized carbons (Fsp3) is 0.364. The Labute approximate surface area is 164 Å². The van der Waals surface area contributed by atoms with Gasteiger partial charge < -0.3 is 19.7 Å². The lowest BCUT2D eigenvalue weighted by Gasteiger charge is -2.32. The number of benzene rings is 2. The zero-order valence-corrected chi connectivity index (χ0v) is 15.9. The van der Waals surface area contributed by atoms with Crippen molar-refractivity contribution in [1.82, 2.24) is 10.2 Å². The Morgan fingerprint density at radius 1 is 1.07 bits per heavy atom. The van der Waals surface area contributed by atoms with Crippen LogP contribution in [0.4, 0.5) is 4.79 Å². The number of fused-ring (bicyclic) bond motifs is 3. The Kier molecular flexibility index (Phi) is 5.30. The molecule has 1 heterocycles. The minimum absolute atomic E-state index is 0.0464. The highest BCUT2D eigenvalue weighted by Gasteiger charge is 2.31. The molecule has 0 spiro atoms. The lowest BCUT2D eigenvalue weighted by Crippen LogP contribution is -2.53. The van der Waals surface area contributed by atoms with E-state index in [2.05, 4.69) is 29.6 Å². The number of nitrogens with one attached hydrogen (secondary N) is 1. The fourth-order valence-electron chi connectivity index (χ4n) is 4.10. The van der Waals surface area contributed by atoms with Gasteiger partial charge in [-0.2, -0.15) is 0 Å². The van der Waals surface area contributed by atoms with E-state index in [0.717, 1.165) is 0 Å². The second-order valence-corrected chi connectivity index (χ2v) is 7.18. The number of methoxy groups -OCH3 is 1. The van der Waals surface area contributed by atoms with Gasteiger partial charge in [0.2, 0.25) is 0 Å². The molecule has 1 atom stereocenters. The molecule has 1 aliphatic carbocycles. The molecule has 1 amide bonds. The first-order chi connectivity index (χ1) is 13.7. The van der Waals surface area contributed by atoms with Gasteiger partial charge in [0.15, 0.2) is 0 Å². The fourth-order valence-corrected chi connectivity index (χ4v) is 4.10. The van der Waals surface area contributed by atoms with Gasteiger partial charge in [-0.25, -0.2) is 4.79 Å². The highest BCUT2D eigenvalue weighted by Crippen LogP contribution is 2.44. The van der Waals surface area contributed by atoms with Gasteiger partial charge in [-0.1, -0.05) is 48.5 Å². The average molecular weight is 380 g/mol. The third-order valence-corrected chi connectivity index (χ3v) is 5.49. The SMILES string of the molecule is COC(=O)C[C@H]1CN(C(=O)OCC2c3ccccc3-c3ccccc32)CCN1. The van der Waals surface area contributed by atoms with Crippen LogP contribution >= 0.6 is 0 Å². The molecule has 1 N–H and O–H groups in total. The van der Waals surface area contributed by atoms with Gasteiger partial charge >= 0.3 is 12.1 Å². The van der Waals surface area contributed by atoms with Crippen molar-refractivity contribution >= 4 is 12.1 Å². The van der Waals surface area contributed by atoms with E-state index in [-0.39, 0.29) is 30.4 Å². The molecule has 0 bridgehead atoms. The molecule has 1 saturated heterocycles. The third-order valence-electron chi connectivity index (χ3n) is 5.49. The number of rotatable bonds is 4. The molecule has 2 aromatic carbocycles. The van der Waals surface area contributed by atoms with Gasteiger partial charge in [0.25, 0.3) is 0 Å². The number of amides is 1. The summed E-state index contributed by atoms with van der Waals surface area (Å²) in [4.78, 5) is 25.8. The van der Waals surface area contributed by atoms with Crippen LogP contribution < -0.4 is 5.32 Å². The van der Waals surface area contributed by atoms with Gasteiger partial charge in [-0.05, 0) is 22.3 Å². The van der Waals surface area contributed by atoms with Gasteiger partial charge in [0.1, 0.15) is 6.61 Å². The van der Waals surface area contributed by atoms with E-state index < -0.39 is 0 Å². The highest BCUT2D eigenvalue weighted by molar-refractivity contribution is 5.79. The Morgan fingerprint density at radius 3 is 2.36 bits per heavy atom. The number of hydrogen-bond donors (Lipinski definition) is 1. The van der Waals surface area contributed by atoms with Crippen molar-refractivity contribution in [3.05, 3.63) is 59.7 Å². The lowest BCUT2D eigenvalue weighted by atomic mass is 9.98. The second kappa shape index (κ2) is 8.02. The van der Waals surface area contributed by atoms with E-state index in [4.69, 9.17) is 9.47 Å². The maximum atomic E-state index is 12.6. The van der Waals surface area contributed by atoms with E-state index in [1.54, 1.807) is 4.90 Å². The number of ether oxygens (including phenoxy) is 2. The molecule has 4 rings (SSSR count). The highest BCUT2D eigenvalue weighted by atomic mass is 16.6. The van der Waals surface area contributed by atoms with Crippen LogP contribution in [0.5, 0.6) is 0 Å². The predicted octanol–water partition coefficient (Wildman–Crippen LogP) is 2.77. The first kappa shape index (κ1) is 18.5. The second-order valence-electron chi connectivity index (χ2n) is 7.18. The molecule has 146 valence electrons. The maximum absolute atomic E-state index is 12.6. The quantitative estimate of drug-likeness (QED) is 0.826. The number of carbonyl (C=O) groups excluding carboxylic acids is 2. The zero-order chi connectivity index (χ0) is 19.5. The van der Waals surface area contributed by atoms with Gasteiger partial charge in [0.05, 0.1) is 13.5 Å². The number of piperazine rings is 1. The Balaban J connectivity index is 1.42. The summed E-state index contributed by atoms with van der Waals surface area (Å²) in [5.41, 5.74) is 4.81. The summed E-state index contributed by atoms with van der Waals surface area (Å²) < 4.78 is 10.4. The first-order valence-corrected chi connectivity index (χ1v) is 9.57. The number of hydrogen-bond acceptors (Lipinski definition) is 5. The molecular formula is C22H24N2O4. The number of nitrogens with zero attached hydrogens (tertiary/aromatic N) is 1. The van der Waals surface area contributed by atoms with E-state index in [0.29, 0.717) is 26.2 Å². The van der Waals surface area contributed by atoms with Gasteiger partial charge in [-0.15, -0.1) is 0 Å². The predicted molar refractivity (Wildman–Crippen MR) is 105 cm³/mol. The molecule has 2 aromatic rings. The van der Waals surface area contributed by atoms with Gasteiger partial charge in [0, 0.05) is 31.6 Å². The molecule has 1 aliphatic heterocycles. The summed E-state index contributed by atoms with van der Waals surface area (Å²) in [7, 11) is 1.37. The van der Waals surface area contributed by atoms with Gasteiger partial charge in [-0.3, -0.25) is 4.79 Å². The molecule has 28 heavy (non-hydrogen) atoms. The molecule has 6 heteroatoms. The first-order valence-electron chi connectivity index (χ1n) is 9.57. The van der Waals surface area contributed by atoms with Crippen molar-refractivity contribution in [2.24, 2.45) is 0 Å². The summed E-state index contributed by atoms with van der Waals surface area (Å²) in [6.07, 6.45) is -0.0952. The van der Waals surface area contributed by atoms with E-state index in [1.807, 2.05) is 24.3 Å². The maximum Gasteiger partial charge on any atom is 0.409 e. The molecule has 0 saturated carbocycles. The molecular weight excluding hydrogens is 356 g/mol. The third kappa shape index (κ3) is 3.60. The van der Waals surface area contributed by atoms with E-state index in [9.17, 15) is 9.59 Å².